The van der Waals surface area contributed by atoms with Crippen LogP contribution in [0.2, 0.25) is 4.34 Å². The van der Waals surface area contributed by atoms with Crippen LogP contribution in [0, 0.1) is 0 Å². The molecule has 1 aliphatic rings. The number of allylic oxidation sites excluding steroid dienone is 1. The van der Waals surface area contributed by atoms with Gasteiger partial charge in [0.05, 0.1) is 9.91 Å². The minimum absolute atomic E-state index is 0.174. The molecule has 0 spiro atoms. The molecule has 1 aliphatic heterocycles. The number of hydrogen-bond donors (Lipinski definition) is 1. The quantitative estimate of drug-likeness (QED) is 0.415. The van der Waals surface area contributed by atoms with Crippen molar-refractivity contribution in [1.82, 2.24) is 20.2 Å². The fourth-order valence-electron chi connectivity index (χ4n) is 3.78. The maximum atomic E-state index is 13.3. The van der Waals surface area contributed by atoms with E-state index in [9.17, 15) is 4.79 Å². The Balaban J connectivity index is 1.57. The van der Waals surface area contributed by atoms with Crippen LogP contribution in [0.5, 0.6) is 0 Å². The number of anilines is 1. The van der Waals surface area contributed by atoms with Crippen LogP contribution in [0.3, 0.4) is 0 Å². The van der Waals surface area contributed by atoms with Crippen LogP contribution in [0.1, 0.15) is 24.1 Å². The third-order valence-electron chi connectivity index (χ3n) is 5.24. The molecule has 1 atom stereocenters. The fraction of sp³-hybridized carbons (Fsp3) is 0.130. The molecule has 0 fully saturated rings. The Kier molecular flexibility index (Phi) is 5.46. The first-order valence-corrected chi connectivity index (χ1v) is 11.1. The predicted octanol–water partition coefficient (Wildman–Crippen LogP) is 5.09. The lowest BCUT2D eigenvalue weighted by atomic mass is 9.91. The van der Waals surface area contributed by atoms with Gasteiger partial charge < -0.3 is 10.1 Å². The normalized spacial score (nSPS) is 15.2. The summed E-state index contributed by atoms with van der Waals surface area (Å²) in [7, 11) is 0. The number of fused-ring (bicyclic) bond motifs is 1. The number of aromatic nitrogens is 4. The van der Waals surface area contributed by atoms with Crippen molar-refractivity contribution in [3.63, 3.8) is 0 Å². The Morgan fingerprint density at radius 2 is 1.91 bits per heavy atom. The molecule has 2 aromatic heterocycles. The highest BCUT2D eigenvalue weighted by Gasteiger charge is 2.36. The van der Waals surface area contributed by atoms with E-state index in [-0.39, 0.29) is 6.61 Å². The minimum Gasteiger partial charge on any atom is -0.457 e. The van der Waals surface area contributed by atoms with Crippen molar-refractivity contribution in [2.24, 2.45) is 0 Å². The van der Waals surface area contributed by atoms with Crippen LogP contribution in [0.4, 0.5) is 5.95 Å². The summed E-state index contributed by atoms with van der Waals surface area (Å²) in [6, 6.07) is 20.7. The largest absolute Gasteiger partial charge is 0.457 e. The van der Waals surface area contributed by atoms with E-state index in [0.717, 1.165) is 21.6 Å². The zero-order valence-corrected chi connectivity index (χ0v) is 18.6. The number of tetrazole rings is 1. The molecule has 2 aromatic carbocycles. The molecule has 3 heterocycles. The van der Waals surface area contributed by atoms with Gasteiger partial charge >= 0.3 is 5.97 Å². The number of benzene rings is 2. The molecule has 5 rings (SSSR count). The summed E-state index contributed by atoms with van der Waals surface area (Å²) in [5.74, 6) is 0.0372. The summed E-state index contributed by atoms with van der Waals surface area (Å²) < 4.78 is 8.00. The first-order valence-electron chi connectivity index (χ1n) is 9.93. The Labute approximate surface area is 193 Å². The average molecular weight is 464 g/mol. The van der Waals surface area contributed by atoms with Gasteiger partial charge in [0.25, 0.3) is 0 Å². The summed E-state index contributed by atoms with van der Waals surface area (Å²) in [4.78, 5) is 14.3. The molecule has 32 heavy (non-hydrogen) atoms. The first kappa shape index (κ1) is 20.4. The van der Waals surface area contributed by atoms with Crippen molar-refractivity contribution in [3.8, 4) is 10.4 Å². The third kappa shape index (κ3) is 3.79. The highest BCUT2D eigenvalue weighted by Crippen LogP contribution is 2.41. The molecule has 4 aromatic rings. The predicted molar refractivity (Wildman–Crippen MR) is 123 cm³/mol. The molecule has 0 saturated carbocycles. The number of ether oxygens (including phenoxy) is 1. The molecule has 160 valence electrons. The Morgan fingerprint density at radius 3 is 2.69 bits per heavy atom. The SMILES string of the molecule is CC1=C(C(=O)OCc2ccccc2)[C@@H](c2ccccc2-c2ccc(Cl)s2)n2nnnc2N1. The van der Waals surface area contributed by atoms with Crippen LogP contribution < -0.4 is 5.32 Å². The van der Waals surface area contributed by atoms with Gasteiger partial charge in [-0.3, -0.25) is 0 Å². The molecular formula is C23H18ClN5O2S. The second kappa shape index (κ2) is 8.57. The van der Waals surface area contributed by atoms with E-state index < -0.39 is 12.0 Å². The molecule has 9 heteroatoms. The van der Waals surface area contributed by atoms with Gasteiger partial charge in [-0.2, -0.15) is 4.68 Å². The van der Waals surface area contributed by atoms with E-state index in [0.29, 0.717) is 21.6 Å². The van der Waals surface area contributed by atoms with Gasteiger partial charge in [-0.1, -0.05) is 71.3 Å². The van der Waals surface area contributed by atoms with Crippen LogP contribution in [-0.2, 0) is 16.1 Å². The number of halogens is 1. The third-order valence-corrected chi connectivity index (χ3v) is 6.51. The maximum absolute atomic E-state index is 13.3. The van der Waals surface area contributed by atoms with Gasteiger partial charge in [0.2, 0.25) is 5.95 Å². The van der Waals surface area contributed by atoms with Crippen molar-refractivity contribution >= 4 is 34.9 Å². The highest BCUT2D eigenvalue weighted by molar-refractivity contribution is 7.19. The number of hydrogen-bond acceptors (Lipinski definition) is 7. The van der Waals surface area contributed by atoms with E-state index in [4.69, 9.17) is 16.3 Å². The van der Waals surface area contributed by atoms with E-state index in [1.807, 2.05) is 73.7 Å². The standard InChI is InChI=1S/C23H18ClN5O2S/c1-14-20(22(30)31-13-15-7-3-2-4-8-15)21(29-23(25-14)26-27-28-29)17-10-6-5-9-16(17)18-11-12-19(24)32-18/h2-12,21H,13H2,1H3,(H,25,26,28)/t21-/m1/s1. The second-order valence-electron chi connectivity index (χ2n) is 7.27. The topological polar surface area (TPSA) is 81.9 Å². The van der Waals surface area contributed by atoms with Gasteiger partial charge in [-0.25, -0.2) is 4.79 Å². The molecular weight excluding hydrogens is 446 g/mol. The van der Waals surface area contributed by atoms with Gasteiger partial charge in [0.15, 0.2) is 0 Å². The fourth-order valence-corrected chi connectivity index (χ4v) is 4.87. The number of esters is 1. The second-order valence-corrected chi connectivity index (χ2v) is 8.98. The number of carbonyl (C=O) groups is 1. The summed E-state index contributed by atoms with van der Waals surface area (Å²) in [5, 5.41) is 15.2. The number of thiophene rings is 1. The number of nitrogens with one attached hydrogen (secondary N) is 1. The molecule has 0 bridgehead atoms. The van der Waals surface area contributed by atoms with E-state index in [1.165, 1.54) is 11.3 Å². The zero-order chi connectivity index (χ0) is 22.1. The zero-order valence-electron chi connectivity index (χ0n) is 17.0. The molecule has 0 aliphatic carbocycles. The number of nitrogens with zero attached hydrogens (tertiary/aromatic N) is 4. The monoisotopic (exact) mass is 463 g/mol. The van der Waals surface area contributed by atoms with Crippen LogP contribution in [0.15, 0.2) is 78.0 Å². The van der Waals surface area contributed by atoms with Gasteiger partial charge in [-0.05, 0) is 46.2 Å². The molecule has 0 saturated heterocycles. The summed E-state index contributed by atoms with van der Waals surface area (Å²) >= 11 is 7.68. The minimum atomic E-state index is -0.554. The van der Waals surface area contributed by atoms with E-state index in [2.05, 4.69) is 20.8 Å². The lowest BCUT2D eigenvalue weighted by molar-refractivity contribution is -0.140. The van der Waals surface area contributed by atoms with Crippen molar-refractivity contribution < 1.29 is 9.53 Å². The summed E-state index contributed by atoms with van der Waals surface area (Å²) in [6.45, 7) is 2.00. The van der Waals surface area contributed by atoms with Crippen molar-refractivity contribution in [3.05, 3.63) is 93.5 Å². The number of carbonyl (C=O) groups excluding carboxylic acids is 1. The lowest BCUT2D eigenvalue weighted by Gasteiger charge is -2.28. The average Bonchev–Trinajstić information content (AvgIpc) is 3.46. The summed E-state index contributed by atoms with van der Waals surface area (Å²) in [6.07, 6.45) is 0. The first-order chi connectivity index (χ1) is 15.6. The molecule has 1 N–H and O–H groups in total. The van der Waals surface area contributed by atoms with Gasteiger partial charge in [-0.15, -0.1) is 11.3 Å². The van der Waals surface area contributed by atoms with Crippen LogP contribution in [-0.4, -0.2) is 26.2 Å². The number of rotatable bonds is 5. The highest BCUT2D eigenvalue weighted by atomic mass is 35.5. The van der Waals surface area contributed by atoms with E-state index >= 15 is 0 Å². The molecule has 7 nitrogen and oxygen atoms in total. The lowest BCUT2D eigenvalue weighted by Crippen LogP contribution is -2.30. The Morgan fingerprint density at radius 1 is 1.12 bits per heavy atom. The van der Waals surface area contributed by atoms with Crippen LogP contribution >= 0.6 is 22.9 Å². The Bertz CT molecular complexity index is 1310. The van der Waals surface area contributed by atoms with E-state index in [1.54, 1.807) is 4.68 Å². The smallest absolute Gasteiger partial charge is 0.338 e. The Hall–Kier alpha value is -3.49. The molecule has 0 amide bonds. The molecule has 0 unspecified atom stereocenters. The summed E-state index contributed by atoms with van der Waals surface area (Å²) in [5.41, 5.74) is 3.85. The van der Waals surface area contributed by atoms with Crippen molar-refractivity contribution in [2.45, 2.75) is 19.6 Å². The van der Waals surface area contributed by atoms with Crippen molar-refractivity contribution in [1.29, 1.82) is 0 Å². The van der Waals surface area contributed by atoms with Gasteiger partial charge in [0.1, 0.15) is 12.6 Å². The van der Waals surface area contributed by atoms with Gasteiger partial charge in [0, 0.05) is 10.6 Å². The van der Waals surface area contributed by atoms with Crippen molar-refractivity contribution in [2.75, 3.05) is 5.32 Å². The molecule has 0 radical (unpaired) electrons. The van der Waals surface area contributed by atoms with Crippen LogP contribution in [0.25, 0.3) is 10.4 Å². The maximum Gasteiger partial charge on any atom is 0.338 e.